The van der Waals surface area contributed by atoms with Crippen LogP contribution in [0.1, 0.15) is 63.2 Å². The molecule has 2 fully saturated rings. The van der Waals surface area contributed by atoms with E-state index in [4.69, 9.17) is 16.0 Å². The molecular formula is C20H25ClN2O2. The first-order chi connectivity index (χ1) is 12.2. The van der Waals surface area contributed by atoms with Gasteiger partial charge in [0.05, 0.1) is 0 Å². The van der Waals surface area contributed by atoms with Gasteiger partial charge in [-0.3, -0.25) is 4.79 Å². The minimum atomic E-state index is 0.296. The van der Waals surface area contributed by atoms with Gasteiger partial charge in [-0.05, 0) is 49.8 Å². The number of oxazole rings is 1. The maximum Gasteiger partial charge on any atom is 0.222 e. The Balaban J connectivity index is 1.34. The smallest absolute Gasteiger partial charge is 0.222 e. The lowest BCUT2D eigenvalue weighted by Crippen LogP contribution is -2.38. The Hall–Kier alpha value is -1.55. The van der Waals surface area contributed by atoms with Crippen molar-refractivity contribution in [2.24, 2.45) is 5.92 Å². The number of hydrogen-bond donors (Lipinski definition) is 0. The van der Waals surface area contributed by atoms with Crippen LogP contribution in [0, 0.1) is 5.92 Å². The van der Waals surface area contributed by atoms with E-state index in [0.717, 1.165) is 49.3 Å². The standard InChI is InChI=1S/C20H25ClN2O2/c21-16-6-7-18-17(13-16)22-20(25-18)15-8-10-23(11-9-15)19(24)12-14-4-2-1-3-5-14/h6-7,13-15H,1-5,8-12H2. The van der Waals surface area contributed by atoms with Gasteiger partial charge in [0.25, 0.3) is 0 Å². The number of hydrogen-bond acceptors (Lipinski definition) is 3. The molecule has 1 saturated carbocycles. The summed E-state index contributed by atoms with van der Waals surface area (Å²) < 4.78 is 5.91. The second-order valence-corrected chi connectivity index (χ2v) is 7.96. The Labute approximate surface area is 153 Å². The molecule has 0 atom stereocenters. The predicted octanol–water partition coefficient (Wildman–Crippen LogP) is 5.16. The summed E-state index contributed by atoms with van der Waals surface area (Å²) in [6, 6.07) is 5.54. The number of likely N-dealkylation sites (tertiary alicyclic amines) is 1. The third-order valence-corrected chi connectivity index (χ3v) is 5.99. The van der Waals surface area contributed by atoms with Gasteiger partial charge >= 0.3 is 0 Å². The SMILES string of the molecule is O=C(CC1CCCCC1)N1CCC(c2nc3cc(Cl)ccc3o2)CC1. The van der Waals surface area contributed by atoms with Gasteiger partial charge in [-0.1, -0.05) is 30.9 Å². The molecule has 0 N–H and O–H groups in total. The van der Waals surface area contributed by atoms with Gasteiger partial charge in [-0.15, -0.1) is 0 Å². The van der Waals surface area contributed by atoms with Crippen molar-refractivity contribution in [3.05, 3.63) is 29.1 Å². The molecule has 0 radical (unpaired) electrons. The first-order valence-electron chi connectivity index (χ1n) is 9.53. The molecule has 0 unspecified atom stereocenters. The quantitative estimate of drug-likeness (QED) is 0.759. The molecule has 1 aromatic carbocycles. The van der Waals surface area contributed by atoms with E-state index in [2.05, 4.69) is 4.98 Å². The van der Waals surface area contributed by atoms with E-state index in [9.17, 15) is 4.79 Å². The zero-order chi connectivity index (χ0) is 17.2. The number of nitrogens with zero attached hydrogens (tertiary/aromatic N) is 2. The topological polar surface area (TPSA) is 46.3 Å². The number of halogens is 1. The molecule has 1 aromatic heterocycles. The van der Waals surface area contributed by atoms with E-state index >= 15 is 0 Å². The van der Waals surface area contributed by atoms with E-state index < -0.39 is 0 Å². The molecule has 1 aliphatic carbocycles. The number of benzene rings is 1. The van der Waals surface area contributed by atoms with Crippen LogP contribution >= 0.6 is 11.6 Å². The number of fused-ring (bicyclic) bond motifs is 1. The van der Waals surface area contributed by atoms with E-state index in [1.165, 1.54) is 32.1 Å². The number of piperidine rings is 1. The van der Waals surface area contributed by atoms with Crippen LogP contribution in [-0.2, 0) is 4.79 Å². The summed E-state index contributed by atoms with van der Waals surface area (Å²) in [7, 11) is 0. The summed E-state index contributed by atoms with van der Waals surface area (Å²) in [6.07, 6.45) is 8.98. The van der Waals surface area contributed by atoms with Crippen LogP contribution < -0.4 is 0 Å². The van der Waals surface area contributed by atoms with Crippen molar-refractivity contribution in [2.75, 3.05) is 13.1 Å². The molecule has 2 heterocycles. The molecule has 1 aliphatic heterocycles. The van der Waals surface area contributed by atoms with Crippen molar-refractivity contribution >= 4 is 28.6 Å². The number of rotatable bonds is 3. The molecule has 0 spiro atoms. The maximum absolute atomic E-state index is 12.6. The molecule has 2 aliphatic rings. The molecular weight excluding hydrogens is 336 g/mol. The van der Waals surface area contributed by atoms with Crippen molar-refractivity contribution in [3.63, 3.8) is 0 Å². The zero-order valence-electron chi connectivity index (χ0n) is 14.5. The summed E-state index contributed by atoms with van der Waals surface area (Å²) in [4.78, 5) is 19.2. The summed E-state index contributed by atoms with van der Waals surface area (Å²) >= 11 is 6.02. The average molecular weight is 361 g/mol. The lowest BCUT2D eigenvalue weighted by Gasteiger charge is -2.32. The molecule has 1 saturated heterocycles. The lowest BCUT2D eigenvalue weighted by atomic mass is 9.86. The summed E-state index contributed by atoms with van der Waals surface area (Å²) in [5.74, 6) is 2.04. The predicted molar refractivity (Wildman–Crippen MR) is 98.8 cm³/mol. The Kier molecular flexibility index (Phi) is 4.98. The Morgan fingerprint density at radius 3 is 2.68 bits per heavy atom. The van der Waals surface area contributed by atoms with Gasteiger partial charge in [0.15, 0.2) is 11.5 Å². The van der Waals surface area contributed by atoms with Crippen molar-refractivity contribution in [1.82, 2.24) is 9.88 Å². The summed E-state index contributed by atoms with van der Waals surface area (Å²) in [6.45, 7) is 1.63. The molecule has 4 nitrogen and oxygen atoms in total. The highest BCUT2D eigenvalue weighted by molar-refractivity contribution is 6.31. The number of aromatic nitrogens is 1. The molecule has 1 amide bonds. The fraction of sp³-hybridized carbons (Fsp3) is 0.600. The molecule has 2 aromatic rings. The van der Waals surface area contributed by atoms with Crippen molar-refractivity contribution in [2.45, 2.75) is 57.3 Å². The molecule has 25 heavy (non-hydrogen) atoms. The van der Waals surface area contributed by atoms with Crippen molar-refractivity contribution in [3.8, 4) is 0 Å². The van der Waals surface area contributed by atoms with E-state index in [1.54, 1.807) is 0 Å². The number of carbonyl (C=O) groups is 1. The maximum atomic E-state index is 12.6. The van der Waals surface area contributed by atoms with E-state index in [0.29, 0.717) is 22.8 Å². The van der Waals surface area contributed by atoms with Gasteiger partial charge in [-0.25, -0.2) is 4.98 Å². The molecule has 134 valence electrons. The zero-order valence-corrected chi connectivity index (χ0v) is 15.3. The molecule has 4 rings (SSSR count). The minimum Gasteiger partial charge on any atom is -0.440 e. The Bertz CT molecular complexity index is 743. The third kappa shape index (κ3) is 3.84. The normalized spacial score (nSPS) is 20.3. The van der Waals surface area contributed by atoms with Gasteiger partial charge < -0.3 is 9.32 Å². The Morgan fingerprint density at radius 1 is 1.16 bits per heavy atom. The summed E-state index contributed by atoms with van der Waals surface area (Å²) in [5, 5.41) is 0.676. The van der Waals surface area contributed by atoms with Crippen LogP contribution in [0.2, 0.25) is 5.02 Å². The van der Waals surface area contributed by atoms with E-state index in [-0.39, 0.29) is 0 Å². The second kappa shape index (κ2) is 7.36. The molecule has 0 bridgehead atoms. The van der Waals surface area contributed by atoms with Gasteiger partial charge in [0.2, 0.25) is 5.91 Å². The highest BCUT2D eigenvalue weighted by Gasteiger charge is 2.28. The first-order valence-corrected chi connectivity index (χ1v) is 9.90. The second-order valence-electron chi connectivity index (χ2n) is 7.53. The minimum absolute atomic E-state index is 0.296. The van der Waals surface area contributed by atoms with Crippen LogP contribution in [0.15, 0.2) is 22.6 Å². The fourth-order valence-corrected chi connectivity index (χ4v) is 4.40. The number of carbonyl (C=O) groups excluding carboxylic acids is 1. The largest absolute Gasteiger partial charge is 0.440 e. The van der Waals surface area contributed by atoms with Crippen LogP contribution in [0.4, 0.5) is 0 Å². The third-order valence-electron chi connectivity index (χ3n) is 5.75. The highest BCUT2D eigenvalue weighted by atomic mass is 35.5. The fourth-order valence-electron chi connectivity index (χ4n) is 4.24. The van der Waals surface area contributed by atoms with Crippen LogP contribution in [0.3, 0.4) is 0 Å². The summed E-state index contributed by atoms with van der Waals surface area (Å²) in [5.41, 5.74) is 1.61. The molecule has 5 heteroatoms. The highest BCUT2D eigenvalue weighted by Crippen LogP contribution is 2.32. The van der Waals surface area contributed by atoms with Crippen molar-refractivity contribution < 1.29 is 9.21 Å². The van der Waals surface area contributed by atoms with E-state index in [1.807, 2.05) is 23.1 Å². The van der Waals surface area contributed by atoms with Crippen molar-refractivity contribution in [1.29, 1.82) is 0 Å². The van der Waals surface area contributed by atoms with Gasteiger partial charge in [0, 0.05) is 30.5 Å². The monoisotopic (exact) mass is 360 g/mol. The average Bonchev–Trinajstić information content (AvgIpc) is 3.06. The Morgan fingerprint density at radius 2 is 1.92 bits per heavy atom. The van der Waals surface area contributed by atoms with Crippen LogP contribution in [-0.4, -0.2) is 28.9 Å². The van der Waals surface area contributed by atoms with Crippen LogP contribution in [0.25, 0.3) is 11.1 Å². The first kappa shape index (κ1) is 16.9. The van der Waals surface area contributed by atoms with Gasteiger partial charge in [0.1, 0.15) is 5.52 Å². The lowest BCUT2D eigenvalue weighted by molar-refractivity contribution is -0.133. The number of amides is 1. The van der Waals surface area contributed by atoms with Crippen LogP contribution in [0.5, 0.6) is 0 Å². The van der Waals surface area contributed by atoms with Gasteiger partial charge in [-0.2, -0.15) is 0 Å².